The summed E-state index contributed by atoms with van der Waals surface area (Å²) in [6, 6.07) is 4.86. The number of aryl methyl sites for hydroxylation is 1. The molecule has 1 atom stereocenters. The van der Waals surface area contributed by atoms with Crippen LogP contribution in [0.3, 0.4) is 0 Å². The van der Waals surface area contributed by atoms with Crippen LogP contribution in [0, 0.1) is 6.92 Å². The van der Waals surface area contributed by atoms with Crippen molar-refractivity contribution in [3.63, 3.8) is 0 Å². The highest BCUT2D eigenvalue weighted by Crippen LogP contribution is 2.24. The number of amides is 1. The lowest BCUT2D eigenvalue weighted by Crippen LogP contribution is -2.44. The van der Waals surface area contributed by atoms with Crippen molar-refractivity contribution in [3.05, 3.63) is 23.8 Å². The van der Waals surface area contributed by atoms with Crippen molar-refractivity contribution >= 4 is 21.6 Å². The first-order valence-corrected chi connectivity index (χ1v) is 10.9. The van der Waals surface area contributed by atoms with E-state index < -0.39 is 10.0 Å². The van der Waals surface area contributed by atoms with E-state index in [1.54, 1.807) is 25.1 Å². The summed E-state index contributed by atoms with van der Waals surface area (Å²) in [4.78, 5) is 15.0. The molecule has 146 valence electrons. The molecule has 1 aliphatic heterocycles. The number of carbonyl (C=O) groups excluding carboxylic acids is 1. The lowest BCUT2D eigenvalue weighted by atomic mass is 10.1. The third kappa shape index (κ3) is 4.64. The molecule has 1 aromatic rings. The summed E-state index contributed by atoms with van der Waals surface area (Å²) in [6.07, 6.45) is 3.46. The molecule has 2 rings (SSSR count). The summed E-state index contributed by atoms with van der Waals surface area (Å²) in [5.74, 6) is -0.0954. The third-order valence-corrected chi connectivity index (χ3v) is 7.29. The van der Waals surface area contributed by atoms with Crippen LogP contribution < -0.4 is 5.32 Å². The van der Waals surface area contributed by atoms with E-state index in [9.17, 15) is 13.2 Å². The number of sulfonamides is 1. The van der Waals surface area contributed by atoms with E-state index in [4.69, 9.17) is 0 Å². The molecule has 0 spiro atoms. The van der Waals surface area contributed by atoms with Crippen LogP contribution in [0.5, 0.6) is 0 Å². The van der Waals surface area contributed by atoms with Gasteiger partial charge in [0.2, 0.25) is 15.9 Å². The van der Waals surface area contributed by atoms with Crippen molar-refractivity contribution in [2.24, 2.45) is 0 Å². The number of nitrogens with one attached hydrogen (secondary N) is 1. The first-order valence-electron chi connectivity index (χ1n) is 9.47. The number of benzene rings is 1. The number of hydrogen-bond donors (Lipinski definition) is 1. The van der Waals surface area contributed by atoms with Crippen molar-refractivity contribution in [2.75, 3.05) is 31.5 Å². The average molecular weight is 382 g/mol. The molecule has 1 aliphatic rings. The zero-order valence-corrected chi connectivity index (χ0v) is 17.1. The van der Waals surface area contributed by atoms with Crippen molar-refractivity contribution in [3.8, 4) is 0 Å². The smallest absolute Gasteiger partial charge is 0.243 e. The monoisotopic (exact) mass is 381 g/mol. The second kappa shape index (κ2) is 8.97. The van der Waals surface area contributed by atoms with Gasteiger partial charge in [0, 0.05) is 18.8 Å². The zero-order valence-electron chi connectivity index (χ0n) is 16.3. The molecule has 1 amide bonds. The first kappa shape index (κ1) is 20.9. The van der Waals surface area contributed by atoms with Gasteiger partial charge in [-0.2, -0.15) is 4.31 Å². The van der Waals surface area contributed by atoms with E-state index in [1.165, 1.54) is 10.7 Å². The average Bonchev–Trinajstić information content (AvgIpc) is 2.64. The SMILES string of the molecule is CCN(CC)S(=O)(=O)c1cc(NC(=O)C(C)N2CCCCC2)ccc1C. The Morgan fingerprint density at radius 2 is 1.81 bits per heavy atom. The van der Waals surface area contributed by atoms with Crippen LogP contribution in [0.25, 0.3) is 0 Å². The summed E-state index contributed by atoms with van der Waals surface area (Å²) in [6.45, 7) is 10.0. The first-order chi connectivity index (χ1) is 12.3. The lowest BCUT2D eigenvalue weighted by Gasteiger charge is -2.31. The normalized spacial score (nSPS) is 17.3. The summed E-state index contributed by atoms with van der Waals surface area (Å²) >= 11 is 0. The largest absolute Gasteiger partial charge is 0.325 e. The summed E-state index contributed by atoms with van der Waals surface area (Å²) < 4.78 is 27.1. The molecule has 1 saturated heterocycles. The molecule has 1 unspecified atom stereocenters. The van der Waals surface area contributed by atoms with E-state index >= 15 is 0 Å². The Morgan fingerprint density at radius 1 is 1.19 bits per heavy atom. The molecule has 1 fully saturated rings. The van der Waals surface area contributed by atoms with Gasteiger partial charge in [-0.25, -0.2) is 8.42 Å². The van der Waals surface area contributed by atoms with Crippen molar-refractivity contribution in [1.82, 2.24) is 9.21 Å². The molecule has 26 heavy (non-hydrogen) atoms. The van der Waals surface area contributed by atoms with Crippen LogP contribution in [-0.2, 0) is 14.8 Å². The van der Waals surface area contributed by atoms with Crippen molar-refractivity contribution in [2.45, 2.75) is 57.9 Å². The predicted molar refractivity (Wildman–Crippen MR) is 105 cm³/mol. The lowest BCUT2D eigenvalue weighted by molar-refractivity contribution is -0.121. The van der Waals surface area contributed by atoms with Gasteiger partial charge in [-0.05, 0) is 57.5 Å². The number of hydrogen-bond acceptors (Lipinski definition) is 4. The fourth-order valence-corrected chi connectivity index (χ4v) is 5.09. The van der Waals surface area contributed by atoms with Crippen molar-refractivity contribution in [1.29, 1.82) is 0 Å². The van der Waals surface area contributed by atoms with Gasteiger partial charge in [-0.3, -0.25) is 9.69 Å². The highest BCUT2D eigenvalue weighted by molar-refractivity contribution is 7.89. The number of nitrogens with zero attached hydrogens (tertiary/aromatic N) is 2. The van der Waals surface area contributed by atoms with Crippen LogP contribution in [0.2, 0.25) is 0 Å². The van der Waals surface area contributed by atoms with Gasteiger partial charge in [0.25, 0.3) is 0 Å². The molecule has 6 nitrogen and oxygen atoms in total. The van der Waals surface area contributed by atoms with Crippen LogP contribution >= 0.6 is 0 Å². The van der Waals surface area contributed by atoms with E-state index in [2.05, 4.69) is 10.2 Å². The molecule has 1 heterocycles. The summed E-state index contributed by atoms with van der Waals surface area (Å²) in [5.41, 5.74) is 1.20. The standard InChI is InChI=1S/C19H31N3O3S/c1-5-22(6-2)26(24,25)18-14-17(11-10-15(18)3)20-19(23)16(4)21-12-8-7-9-13-21/h10-11,14,16H,5-9,12-13H2,1-4H3,(H,20,23). The predicted octanol–water partition coefficient (Wildman–Crippen LogP) is 2.84. The Balaban J connectivity index is 2.19. The number of piperidine rings is 1. The molecular weight excluding hydrogens is 350 g/mol. The fraction of sp³-hybridized carbons (Fsp3) is 0.632. The van der Waals surface area contributed by atoms with E-state index in [0.717, 1.165) is 25.9 Å². The maximum Gasteiger partial charge on any atom is 0.243 e. The van der Waals surface area contributed by atoms with Crippen molar-refractivity contribution < 1.29 is 13.2 Å². The Bertz CT molecular complexity index is 724. The summed E-state index contributed by atoms with van der Waals surface area (Å²) in [5, 5.41) is 2.89. The van der Waals surface area contributed by atoms with Crippen LogP contribution in [-0.4, -0.2) is 55.8 Å². The van der Waals surface area contributed by atoms with E-state index in [-0.39, 0.29) is 16.8 Å². The maximum atomic E-state index is 12.8. The fourth-order valence-electron chi connectivity index (χ4n) is 3.38. The topological polar surface area (TPSA) is 69.7 Å². The van der Waals surface area contributed by atoms with Gasteiger partial charge in [-0.1, -0.05) is 26.3 Å². The van der Waals surface area contributed by atoms with E-state index in [0.29, 0.717) is 24.3 Å². The summed E-state index contributed by atoms with van der Waals surface area (Å²) in [7, 11) is -3.56. The highest BCUT2D eigenvalue weighted by atomic mass is 32.2. The number of rotatable bonds is 7. The van der Waals surface area contributed by atoms with Gasteiger partial charge in [0.05, 0.1) is 10.9 Å². The second-order valence-corrected chi connectivity index (χ2v) is 8.74. The number of likely N-dealkylation sites (tertiary alicyclic amines) is 1. The Hall–Kier alpha value is -1.44. The second-order valence-electron chi connectivity index (χ2n) is 6.83. The van der Waals surface area contributed by atoms with Gasteiger partial charge < -0.3 is 5.32 Å². The molecule has 0 aliphatic carbocycles. The Kier molecular flexibility index (Phi) is 7.20. The highest BCUT2D eigenvalue weighted by Gasteiger charge is 2.26. The maximum absolute atomic E-state index is 12.8. The Morgan fingerprint density at radius 3 is 2.38 bits per heavy atom. The molecule has 1 N–H and O–H groups in total. The Labute approximate surface area is 157 Å². The van der Waals surface area contributed by atoms with Crippen LogP contribution in [0.15, 0.2) is 23.1 Å². The molecule has 0 saturated carbocycles. The molecule has 0 aromatic heterocycles. The van der Waals surface area contributed by atoms with Gasteiger partial charge in [0.1, 0.15) is 0 Å². The molecule has 0 bridgehead atoms. The molecule has 1 aromatic carbocycles. The quantitative estimate of drug-likeness (QED) is 0.788. The van der Waals surface area contributed by atoms with Gasteiger partial charge in [-0.15, -0.1) is 0 Å². The van der Waals surface area contributed by atoms with Gasteiger partial charge in [0.15, 0.2) is 0 Å². The molecule has 0 radical (unpaired) electrons. The number of carbonyl (C=O) groups is 1. The molecular formula is C19H31N3O3S. The minimum Gasteiger partial charge on any atom is -0.325 e. The number of anilines is 1. The van der Waals surface area contributed by atoms with E-state index in [1.807, 2.05) is 20.8 Å². The molecule has 7 heteroatoms. The minimum atomic E-state index is -3.56. The van der Waals surface area contributed by atoms with Crippen LogP contribution in [0.1, 0.15) is 45.6 Å². The van der Waals surface area contributed by atoms with Crippen LogP contribution in [0.4, 0.5) is 5.69 Å². The van der Waals surface area contributed by atoms with Gasteiger partial charge >= 0.3 is 0 Å². The zero-order chi connectivity index (χ0) is 19.3. The minimum absolute atomic E-state index is 0.0954. The third-order valence-electron chi connectivity index (χ3n) is 5.10.